The van der Waals surface area contributed by atoms with E-state index in [4.69, 9.17) is 4.42 Å². The van der Waals surface area contributed by atoms with Crippen LogP contribution in [0.4, 0.5) is 0 Å². The predicted molar refractivity (Wildman–Crippen MR) is 108 cm³/mol. The summed E-state index contributed by atoms with van der Waals surface area (Å²) in [5.74, 6) is 0.0954. The van der Waals surface area contributed by atoms with Crippen molar-refractivity contribution >= 4 is 24.2 Å². The molecular formula is C21H26ClN3O3. The number of amides is 2. The van der Waals surface area contributed by atoms with Gasteiger partial charge in [0.15, 0.2) is 5.76 Å². The number of piperidine rings is 1. The van der Waals surface area contributed by atoms with E-state index in [0.717, 1.165) is 37.1 Å². The fraction of sp³-hybridized carbons (Fsp3) is 0.429. The SMILES string of the molecule is CNC1CCN(C(=O)C2Cc3ccccc3CN2C(=O)c2ccco2)CC1.Cl. The molecule has 3 heterocycles. The summed E-state index contributed by atoms with van der Waals surface area (Å²) < 4.78 is 5.31. The third kappa shape index (κ3) is 3.93. The second kappa shape index (κ2) is 8.80. The second-order valence-electron chi connectivity index (χ2n) is 7.29. The van der Waals surface area contributed by atoms with Crippen LogP contribution in [0.1, 0.15) is 34.5 Å². The van der Waals surface area contributed by atoms with Crippen molar-refractivity contribution in [3.05, 3.63) is 59.5 Å². The zero-order valence-electron chi connectivity index (χ0n) is 16.0. The molecule has 0 saturated carbocycles. The van der Waals surface area contributed by atoms with E-state index in [2.05, 4.69) is 11.4 Å². The Morgan fingerprint density at radius 1 is 1.07 bits per heavy atom. The number of fused-ring (bicyclic) bond motifs is 1. The molecule has 28 heavy (non-hydrogen) atoms. The van der Waals surface area contributed by atoms with Gasteiger partial charge in [0.05, 0.1) is 6.26 Å². The average molecular weight is 404 g/mol. The van der Waals surface area contributed by atoms with Crippen LogP contribution in [0, 0.1) is 0 Å². The summed E-state index contributed by atoms with van der Waals surface area (Å²) in [7, 11) is 1.96. The van der Waals surface area contributed by atoms with Crippen molar-refractivity contribution in [2.45, 2.75) is 37.9 Å². The first-order valence-electron chi connectivity index (χ1n) is 9.54. The highest BCUT2D eigenvalue weighted by Gasteiger charge is 2.38. The molecule has 1 fully saturated rings. The highest BCUT2D eigenvalue weighted by molar-refractivity contribution is 5.96. The lowest BCUT2D eigenvalue weighted by Crippen LogP contribution is -2.55. The van der Waals surface area contributed by atoms with E-state index >= 15 is 0 Å². The van der Waals surface area contributed by atoms with E-state index in [9.17, 15) is 9.59 Å². The van der Waals surface area contributed by atoms with Crippen molar-refractivity contribution in [2.75, 3.05) is 20.1 Å². The third-order valence-corrected chi connectivity index (χ3v) is 5.74. The van der Waals surface area contributed by atoms with Crippen molar-refractivity contribution in [1.29, 1.82) is 0 Å². The number of nitrogens with zero attached hydrogens (tertiary/aromatic N) is 2. The van der Waals surface area contributed by atoms with E-state index < -0.39 is 6.04 Å². The molecule has 6 nitrogen and oxygen atoms in total. The van der Waals surface area contributed by atoms with Gasteiger partial charge in [-0.1, -0.05) is 24.3 Å². The number of nitrogens with one attached hydrogen (secondary N) is 1. The zero-order valence-corrected chi connectivity index (χ0v) is 16.8. The van der Waals surface area contributed by atoms with Crippen LogP contribution in [-0.4, -0.2) is 53.8 Å². The molecule has 1 saturated heterocycles. The monoisotopic (exact) mass is 403 g/mol. The number of carbonyl (C=O) groups is 2. The molecule has 150 valence electrons. The molecule has 2 amide bonds. The number of carbonyl (C=O) groups excluding carboxylic acids is 2. The zero-order chi connectivity index (χ0) is 18.8. The lowest BCUT2D eigenvalue weighted by atomic mass is 9.92. The molecule has 1 atom stereocenters. The van der Waals surface area contributed by atoms with E-state index in [1.54, 1.807) is 17.0 Å². The van der Waals surface area contributed by atoms with Gasteiger partial charge < -0.3 is 19.5 Å². The highest BCUT2D eigenvalue weighted by Crippen LogP contribution is 2.27. The summed E-state index contributed by atoms with van der Waals surface area (Å²) >= 11 is 0. The van der Waals surface area contributed by atoms with E-state index in [1.165, 1.54) is 6.26 Å². The average Bonchev–Trinajstić information content (AvgIpc) is 3.26. The molecule has 7 heteroatoms. The van der Waals surface area contributed by atoms with Gasteiger partial charge in [-0.05, 0) is 43.1 Å². The molecule has 2 aliphatic heterocycles. The maximum Gasteiger partial charge on any atom is 0.290 e. The summed E-state index contributed by atoms with van der Waals surface area (Å²) in [5, 5.41) is 3.29. The third-order valence-electron chi connectivity index (χ3n) is 5.74. The van der Waals surface area contributed by atoms with E-state index in [0.29, 0.717) is 19.0 Å². The smallest absolute Gasteiger partial charge is 0.290 e. The Balaban J connectivity index is 0.00000225. The maximum absolute atomic E-state index is 13.3. The minimum absolute atomic E-state index is 0. The number of furan rings is 1. The van der Waals surface area contributed by atoms with Crippen LogP contribution < -0.4 is 5.32 Å². The standard InChI is InChI=1S/C21H25N3O3.ClH/c1-22-17-8-10-23(11-9-17)20(25)18-13-15-5-2-3-6-16(15)14-24(18)21(26)19-7-4-12-27-19;/h2-7,12,17-18,22H,8-11,13-14H2,1H3;1H. The van der Waals surface area contributed by atoms with Crippen LogP contribution in [0.5, 0.6) is 0 Å². The van der Waals surface area contributed by atoms with Gasteiger partial charge in [-0.3, -0.25) is 9.59 Å². The Hall–Kier alpha value is -2.31. The summed E-state index contributed by atoms with van der Waals surface area (Å²) in [6, 6.07) is 11.4. The van der Waals surface area contributed by atoms with Gasteiger partial charge in [0.1, 0.15) is 6.04 Å². The summed E-state index contributed by atoms with van der Waals surface area (Å²) in [6.07, 6.45) is 3.92. The minimum Gasteiger partial charge on any atom is -0.459 e. The van der Waals surface area contributed by atoms with Crippen molar-refractivity contribution in [1.82, 2.24) is 15.1 Å². The van der Waals surface area contributed by atoms with Crippen LogP contribution >= 0.6 is 12.4 Å². The number of benzene rings is 1. The van der Waals surface area contributed by atoms with E-state index in [-0.39, 0.29) is 30.0 Å². The Kier molecular flexibility index (Phi) is 6.42. The Morgan fingerprint density at radius 3 is 2.43 bits per heavy atom. The number of halogens is 1. The lowest BCUT2D eigenvalue weighted by Gasteiger charge is -2.40. The molecule has 2 aliphatic rings. The molecule has 1 aromatic heterocycles. The van der Waals surface area contributed by atoms with Crippen LogP contribution in [0.15, 0.2) is 47.1 Å². The second-order valence-corrected chi connectivity index (χ2v) is 7.29. The van der Waals surface area contributed by atoms with Gasteiger partial charge in [-0.25, -0.2) is 0 Å². The topological polar surface area (TPSA) is 65.8 Å². The molecule has 1 unspecified atom stereocenters. The number of hydrogen-bond donors (Lipinski definition) is 1. The quantitative estimate of drug-likeness (QED) is 0.855. The van der Waals surface area contributed by atoms with Crippen LogP contribution in [0.3, 0.4) is 0 Å². The molecule has 0 spiro atoms. The fourth-order valence-corrected chi connectivity index (χ4v) is 4.10. The van der Waals surface area contributed by atoms with Crippen LogP contribution in [0.25, 0.3) is 0 Å². The van der Waals surface area contributed by atoms with Crippen molar-refractivity contribution in [3.8, 4) is 0 Å². The number of hydrogen-bond acceptors (Lipinski definition) is 4. The van der Waals surface area contributed by atoms with E-state index in [1.807, 2.05) is 30.1 Å². The highest BCUT2D eigenvalue weighted by atomic mass is 35.5. The Bertz CT molecular complexity index is 816. The first-order chi connectivity index (χ1) is 13.2. The molecule has 1 aromatic carbocycles. The minimum atomic E-state index is -0.483. The molecule has 0 radical (unpaired) electrons. The van der Waals surface area contributed by atoms with Crippen LogP contribution in [-0.2, 0) is 17.8 Å². The molecular weight excluding hydrogens is 378 g/mol. The van der Waals surface area contributed by atoms with Gasteiger partial charge in [-0.2, -0.15) is 0 Å². The van der Waals surface area contributed by atoms with Gasteiger partial charge in [-0.15, -0.1) is 12.4 Å². The van der Waals surface area contributed by atoms with Gasteiger partial charge in [0.25, 0.3) is 5.91 Å². The molecule has 1 N–H and O–H groups in total. The lowest BCUT2D eigenvalue weighted by molar-refractivity contribution is -0.137. The molecule has 2 aromatic rings. The predicted octanol–water partition coefficient (Wildman–Crippen LogP) is 2.48. The Labute approximate surface area is 171 Å². The first-order valence-corrected chi connectivity index (χ1v) is 9.54. The van der Waals surface area contributed by atoms with Gasteiger partial charge >= 0.3 is 0 Å². The summed E-state index contributed by atoms with van der Waals surface area (Å²) in [6.45, 7) is 1.88. The summed E-state index contributed by atoms with van der Waals surface area (Å²) in [5.41, 5.74) is 2.24. The fourth-order valence-electron chi connectivity index (χ4n) is 4.10. The first kappa shape index (κ1) is 20.4. The summed E-state index contributed by atoms with van der Waals surface area (Å²) in [4.78, 5) is 29.9. The molecule has 4 rings (SSSR count). The van der Waals surface area contributed by atoms with Crippen molar-refractivity contribution in [2.24, 2.45) is 0 Å². The number of likely N-dealkylation sites (tertiary alicyclic amines) is 1. The van der Waals surface area contributed by atoms with Crippen molar-refractivity contribution in [3.63, 3.8) is 0 Å². The Morgan fingerprint density at radius 2 is 1.79 bits per heavy atom. The molecule has 0 bridgehead atoms. The molecule has 0 aliphatic carbocycles. The van der Waals surface area contributed by atoms with Crippen molar-refractivity contribution < 1.29 is 14.0 Å². The van der Waals surface area contributed by atoms with Gasteiger partial charge in [0, 0.05) is 32.1 Å². The normalized spacial score (nSPS) is 19.7. The largest absolute Gasteiger partial charge is 0.459 e. The number of rotatable bonds is 3. The van der Waals surface area contributed by atoms with Gasteiger partial charge in [0.2, 0.25) is 5.91 Å². The maximum atomic E-state index is 13.3. The van der Waals surface area contributed by atoms with Crippen LogP contribution in [0.2, 0.25) is 0 Å².